The minimum absolute atomic E-state index is 0.0965. The Morgan fingerprint density at radius 2 is 1.85 bits per heavy atom. The topological polar surface area (TPSA) is 30.3 Å². The fourth-order valence-corrected chi connectivity index (χ4v) is 3.80. The Balaban J connectivity index is 1.88. The summed E-state index contributed by atoms with van der Waals surface area (Å²) in [6.45, 7) is 5.43. The van der Waals surface area contributed by atoms with Crippen LogP contribution in [0.5, 0.6) is 0 Å². The molecule has 138 valence electrons. The first-order chi connectivity index (χ1) is 12.5. The second kappa shape index (κ2) is 6.55. The number of rotatable bonds is 3. The van der Waals surface area contributed by atoms with Crippen molar-refractivity contribution in [2.45, 2.75) is 25.7 Å². The molecule has 3 aromatic rings. The molecule has 7 heteroatoms. The number of morpholine rings is 1. The maximum absolute atomic E-state index is 13.6. The lowest BCUT2D eigenvalue weighted by Crippen LogP contribution is -2.43. The van der Waals surface area contributed by atoms with Crippen LogP contribution in [0, 0.1) is 0 Å². The van der Waals surface area contributed by atoms with E-state index in [0.717, 1.165) is 24.0 Å². The van der Waals surface area contributed by atoms with E-state index in [4.69, 9.17) is 4.74 Å². The van der Waals surface area contributed by atoms with Gasteiger partial charge in [0.15, 0.2) is 5.69 Å². The number of alkyl halides is 3. The molecule has 2 aromatic heterocycles. The van der Waals surface area contributed by atoms with Crippen LogP contribution >= 0.6 is 0 Å². The molecule has 1 aromatic carbocycles. The van der Waals surface area contributed by atoms with Gasteiger partial charge in [-0.1, -0.05) is 18.2 Å². The van der Waals surface area contributed by atoms with Gasteiger partial charge in [-0.15, -0.1) is 0 Å². The predicted molar refractivity (Wildman–Crippen MR) is 94.1 cm³/mol. The van der Waals surface area contributed by atoms with Crippen molar-refractivity contribution in [1.29, 1.82) is 0 Å². The van der Waals surface area contributed by atoms with E-state index in [-0.39, 0.29) is 11.6 Å². The summed E-state index contributed by atoms with van der Waals surface area (Å²) in [7, 11) is 0. The third-order valence-corrected chi connectivity index (χ3v) is 5.06. The first kappa shape index (κ1) is 17.3. The molecule has 26 heavy (non-hydrogen) atoms. The molecule has 3 heterocycles. The SMILES string of the molecule is CC(Cn1c2ccccc2c2ccnc(C(F)(F)F)c21)N1CCOCC1. The second-order valence-corrected chi connectivity index (χ2v) is 6.68. The predicted octanol–water partition coefficient (Wildman–Crippen LogP) is 3.93. The highest BCUT2D eigenvalue weighted by molar-refractivity contribution is 6.08. The number of hydrogen-bond acceptors (Lipinski definition) is 3. The van der Waals surface area contributed by atoms with Gasteiger partial charge in [0.2, 0.25) is 0 Å². The maximum atomic E-state index is 13.6. The molecule has 1 fully saturated rings. The summed E-state index contributed by atoms with van der Waals surface area (Å²) in [5, 5.41) is 1.42. The van der Waals surface area contributed by atoms with Crippen LogP contribution in [0.15, 0.2) is 36.5 Å². The third-order valence-electron chi connectivity index (χ3n) is 5.06. The molecule has 1 atom stereocenters. The van der Waals surface area contributed by atoms with E-state index in [9.17, 15) is 13.2 Å². The average molecular weight is 363 g/mol. The third kappa shape index (κ3) is 2.95. The molecule has 1 aliphatic heterocycles. The zero-order chi connectivity index (χ0) is 18.3. The molecule has 0 bridgehead atoms. The van der Waals surface area contributed by atoms with Crippen molar-refractivity contribution in [3.63, 3.8) is 0 Å². The quantitative estimate of drug-likeness (QED) is 0.706. The number of fused-ring (bicyclic) bond motifs is 3. The van der Waals surface area contributed by atoms with Gasteiger partial charge in [0.05, 0.1) is 18.7 Å². The zero-order valence-electron chi connectivity index (χ0n) is 14.5. The lowest BCUT2D eigenvalue weighted by Gasteiger charge is -2.32. The van der Waals surface area contributed by atoms with Crippen LogP contribution in [0.1, 0.15) is 12.6 Å². The van der Waals surface area contributed by atoms with E-state index in [2.05, 4.69) is 16.8 Å². The summed E-state index contributed by atoms with van der Waals surface area (Å²) < 4.78 is 48.0. The van der Waals surface area contributed by atoms with Crippen LogP contribution < -0.4 is 0 Å². The summed E-state index contributed by atoms with van der Waals surface area (Å²) in [5.74, 6) is 0. The molecule has 4 nitrogen and oxygen atoms in total. The highest BCUT2D eigenvalue weighted by Gasteiger charge is 2.36. The molecule has 0 spiro atoms. The highest BCUT2D eigenvalue weighted by Crippen LogP contribution is 2.37. The Hall–Kier alpha value is -2.12. The Morgan fingerprint density at radius 3 is 2.58 bits per heavy atom. The van der Waals surface area contributed by atoms with Crippen LogP contribution in [0.3, 0.4) is 0 Å². The molecule has 1 saturated heterocycles. The van der Waals surface area contributed by atoms with E-state index >= 15 is 0 Å². The first-order valence-electron chi connectivity index (χ1n) is 8.72. The molecule has 0 aliphatic carbocycles. The number of ether oxygens (including phenoxy) is 1. The number of halogens is 3. The Morgan fingerprint density at radius 1 is 1.12 bits per heavy atom. The summed E-state index contributed by atoms with van der Waals surface area (Å²) in [6, 6.07) is 9.22. The number of para-hydroxylation sites is 1. The minimum atomic E-state index is -4.49. The van der Waals surface area contributed by atoms with Gasteiger partial charge in [-0.3, -0.25) is 4.90 Å². The van der Waals surface area contributed by atoms with Gasteiger partial charge in [-0.05, 0) is 19.1 Å². The lowest BCUT2D eigenvalue weighted by atomic mass is 10.1. The van der Waals surface area contributed by atoms with Crippen molar-refractivity contribution in [2.75, 3.05) is 26.3 Å². The fourth-order valence-electron chi connectivity index (χ4n) is 3.80. The monoisotopic (exact) mass is 363 g/mol. The van der Waals surface area contributed by atoms with Gasteiger partial charge in [-0.25, -0.2) is 4.98 Å². The van der Waals surface area contributed by atoms with Crippen molar-refractivity contribution in [3.05, 3.63) is 42.2 Å². The van der Waals surface area contributed by atoms with Gasteiger partial charge < -0.3 is 9.30 Å². The summed E-state index contributed by atoms with van der Waals surface area (Å²) in [4.78, 5) is 5.93. The van der Waals surface area contributed by atoms with Crippen LogP contribution in [0.2, 0.25) is 0 Å². The number of benzene rings is 1. The smallest absolute Gasteiger partial charge is 0.379 e. The Labute approximate surface area is 149 Å². The highest BCUT2D eigenvalue weighted by atomic mass is 19.4. The molecule has 0 N–H and O–H groups in total. The zero-order valence-corrected chi connectivity index (χ0v) is 14.5. The largest absolute Gasteiger partial charge is 0.435 e. The number of aromatic nitrogens is 2. The number of hydrogen-bond donors (Lipinski definition) is 0. The molecular weight excluding hydrogens is 343 g/mol. The fraction of sp³-hybridized carbons (Fsp3) is 0.421. The molecule has 1 aliphatic rings. The van der Waals surface area contributed by atoms with E-state index in [1.807, 2.05) is 24.3 Å². The van der Waals surface area contributed by atoms with Gasteiger partial charge >= 0.3 is 6.18 Å². The van der Waals surface area contributed by atoms with Gasteiger partial charge in [0, 0.05) is 48.2 Å². The molecule has 0 radical (unpaired) electrons. The van der Waals surface area contributed by atoms with Crippen molar-refractivity contribution in [1.82, 2.24) is 14.5 Å². The summed E-state index contributed by atoms with van der Waals surface area (Å²) in [5.41, 5.74) is 0.155. The van der Waals surface area contributed by atoms with Crippen LogP contribution in [-0.2, 0) is 17.5 Å². The second-order valence-electron chi connectivity index (χ2n) is 6.68. The van der Waals surface area contributed by atoms with Crippen molar-refractivity contribution in [2.24, 2.45) is 0 Å². The van der Waals surface area contributed by atoms with Crippen molar-refractivity contribution >= 4 is 21.8 Å². The van der Waals surface area contributed by atoms with Gasteiger partial charge in [0.25, 0.3) is 0 Å². The maximum Gasteiger partial charge on any atom is 0.435 e. The van der Waals surface area contributed by atoms with Crippen LogP contribution in [0.4, 0.5) is 13.2 Å². The lowest BCUT2D eigenvalue weighted by molar-refractivity contribution is -0.140. The van der Waals surface area contributed by atoms with Crippen molar-refractivity contribution < 1.29 is 17.9 Å². The van der Waals surface area contributed by atoms with Crippen molar-refractivity contribution in [3.8, 4) is 0 Å². The Bertz CT molecular complexity index is 929. The summed E-state index contributed by atoms with van der Waals surface area (Å²) >= 11 is 0. The van der Waals surface area contributed by atoms with E-state index in [1.54, 1.807) is 10.6 Å². The molecule has 4 rings (SSSR count). The number of nitrogens with zero attached hydrogens (tertiary/aromatic N) is 3. The van der Waals surface area contributed by atoms with Gasteiger partial charge in [-0.2, -0.15) is 13.2 Å². The van der Waals surface area contributed by atoms with E-state index in [0.29, 0.717) is 25.1 Å². The van der Waals surface area contributed by atoms with E-state index in [1.165, 1.54) is 6.20 Å². The van der Waals surface area contributed by atoms with Crippen LogP contribution in [0.25, 0.3) is 21.8 Å². The minimum Gasteiger partial charge on any atom is -0.379 e. The van der Waals surface area contributed by atoms with E-state index < -0.39 is 11.9 Å². The molecule has 1 unspecified atom stereocenters. The molecule has 0 saturated carbocycles. The van der Waals surface area contributed by atoms with Gasteiger partial charge in [0.1, 0.15) is 0 Å². The first-order valence-corrected chi connectivity index (χ1v) is 8.72. The standard InChI is InChI=1S/C19H20F3N3O/c1-13(24-8-10-26-11-9-24)12-25-16-5-3-2-4-14(16)15-6-7-23-18(17(15)25)19(20,21)22/h2-7,13H,8-12H2,1H3. The summed E-state index contributed by atoms with van der Waals surface area (Å²) in [6.07, 6.45) is -3.25. The molecule has 0 amide bonds. The van der Waals surface area contributed by atoms with Crippen LogP contribution in [-0.4, -0.2) is 46.8 Å². The average Bonchev–Trinajstić information content (AvgIpc) is 2.96. The molecular formula is C19H20F3N3O. The normalized spacial score (nSPS) is 17.8. The number of pyridine rings is 1. The Kier molecular flexibility index (Phi) is 4.36.